The lowest BCUT2D eigenvalue weighted by molar-refractivity contribution is 0.137. The molecule has 0 fully saturated rings. The molecule has 4 nitrogen and oxygen atoms in total. The van der Waals surface area contributed by atoms with Gasteiger partial charge in [-0.1, -0.05) is 19.1 Å². The van der Waals surface area contributed by atoms with E-state index in [0.717, 1.165) is 30.7 Å². The fourth-order valence-corrected chi connectivity index (χ4v) is 1.79. The Bertz CT molecular complexity index is 352. The van der Waals surface area contributed by atoms with E-state index in [1.54, 1.807) is 0 Å². The molecule has 19 heavy (non-hydrogen) atoms. The standard InChI is InChI=1S/C15H26N2O2/c1-4-11-19-13-7-5-12(6-8-13)15(18)14(16)9-10-17(2)3/h5-8,14-15,18H,4,9-11,16H2,1-3H3. The van der Waals surface area contributed by atoms with Crippen LogP contribution in [0.2, 0.25) is 0 Å². The van der Waals surface area contributed by atoms with Gasteiger partial charge in [-0.2, -0.15) is 0 Å². The normalized spacial score (nSPS) is 14.4. The van der Waals surface area contributed by atoms with Crippen molar-refractivity contribution in [3.8, 4) is 5.75 Å². The first-order valence-electron chi connectivity index (χ1n) is 6.85. The van der Waals surface area contributed by atoms with Gasteiger partial charge in [0.05, 0.1) is 12.7 Å². The number of benzene rings is 1. The zero-order valence-corrected chi connectivity index (χ0v) is 12.2. The average molecular weight is 266 g/mol. The number of rotatable bonds is 8. The first kappa shape index (κ1) is 16.0. The van der Waals surface area contributed by atoms with Crippen LogP contribution in [-0.4, -0.2) is 43.3 Å². The second kappa shape index (κ2) is 8.15. The van der Waals surface area contributed by atoms with Gasteiger partial charge in [-0.25, -0.2) is 0 Å². The molecule has 0 saturated carbocycles. The number of hydrogen-bond donors (Lipinski definition) is 2. The highest BCUT2D eigenvalue weighted by atomic mass is 16.5. The van der Waals surface area contributed by atoms with Gasteiger partial charge in [0, 0.05) is 6.04 Å². The molecule has 4 heteroatoms. The number of aliphatic hydroxyl groups is 1. The Morgan fingerprint density at radius 3 is 2.42 bits per heavy atom. The molecule has 0 radical (unpaired) electrons. The second-order valence-corrected chi connectivity index (χ2v) is 5.12. The molecule has 0 aliphatic carbocycles. The number of nitrogens with two attached hydrogens (primary N) is 1. The predicted molar refractivity (Wildman–Crippen MR) is 78.3 cm³/mol. The number of hydrogen-bond acceptors (Lipinski definition) is 4. The topological polar surface area (TPSA) is 58.7 Å². The molecule has 0 saturated heterocycles. The van der Waals surface area contributed by atoms with Gasteiger partial charge in [-0.3, -0.25) is 0 Å². The lowest BCUT2D eigenvalue weighted by Crippen LogP contribution is -2.32. The van der Waals surface area contributed by atoms with Crippen molar-refractivity contribution in [1.29, 1.82) is 0 Å². The predicted octanol–water partition coefficient (Wildman–Crippen LogP) is 1.79. The van der Waals surface area contributed by atoms with E-state index in [0.29, 0.717) is 6.61 Å². The quantitative estimate of drug-likeness (QED) is 0.753. The largest absolute Gasteiger partial charge is 0.494 e. The molecular formula is C15H26N2O2. The van der Waals surface area contributed by atoms with Crippen molar-refractivity contribution < 1.29 is 9.84 Å². The van der Waals surface area contributed by atoms with Crippen LogP contribution in [0.25, 0.3) is 0 Å². The van der Waals surface area contributed by atoms with Crippen molar-refractivity contribution in [1.82, 2.24) is 4.90 Å². The third-order valence-electron chi connectivity index (χ3n) is 3.01. The molecule has 1 aromatic carbocycles. The molecule has 0 amide bonds. The smallest absolute Gasteiger partial charge is 0.119 e. The summed E-state index contributed by atoms with van der Waals surface area (Å²) in [6, 6.07) is 7.28. The first-order valence-corrected chi connectivity index (χ1v) is 6.85. The number of aliphatic hydroxyl groups excluding tert-OH is 1. The van der Waals surface area contributed by atoms with Gasteiger partial charge >= 0.3 is 0 Å². The zero-order chi connectivity index (χ0) is 14.3. The summed E-state index contributed by atoms with van der Waals surface area (Å²) < 4.78 is 5.51. The Balaban J connectivity index is 2.54. The Morgan fingerprint density at radius 2 is 1.89 bits per heavy atom. The van der Waals surface area contributed by atoms with Crippen LogP contribution in [0.3, 0.4) is 0 Å². The molecule has 0 aliphatic heterocycles. The van der Waals surface area contributed by atoms with Crippen LogP contribution in [0.4, 0.5) is 0 Å². The summed E-state index contributed by atoms with van der Waals surface area (Å²) in [4.78, 5) is 2.06. The molecular weight excluding hydrogens is 240 g/mol. The highest BCUT2D eigenvalue weighted by Crippen LogP contribution is 2.21. The van der Waals surface area contributed by atoms with E-state index in [-0.39, 0.29) is 6.04 Å². The third kappa shape index (κ3) is 5.59. The molecule has 0 heterocycles. The lowest BCUT2D eigenvalue weighted by atomic mass is 10.0. The molecule has 0 aromatic heterocycles. The third-order valence-corrected chi connectivity index (χ3v) is 3.01. The summed E-state index contributed by atoms with van der Waals surface area (Å²) in [5, 5.41) is 10.2. The minimum absolute atomic E-state index is 0.246. The summed E-state index contributed by atoms with van der Waals surface area (Å²) in [6.07, 6.45) is 1.13. The highest BCUT2D eigenvalue weighted by Gasteiger charge is 2.16. The van der Waals surface area contributed by atoms with Crippen molar-refractivity contribution in [2.45, 2.75) is 31.9 Å². The average Bonchev–Trinajstić information content (AvgIpc) is 2.42. The summed E-state index contributed by atoms with van der Waals surface area (Å²) in [5.41, 5.74) is 6.85. The van der Waals surface area contributed by atoms with Crippen LogP contribution in [0.1, 0.15) is 31.4 Å². The van der Waals surface area contributed by atoms with Crippen molar-refractivity contribution in [3.63, 3.8) is 0 Å². The van der Waals surface area contributed by atoms with Gasteiger partial charge < -0.3 is 20.5 Å². The van der Waals surface area contributed by atoms with Crippen molar-refractivity contribution in [2.24, 2.45) is 5.73 Å². The van der Waals surface area contributed by atoms with Gasteiger partial charge in [0.25, 0.3) is 0 Å². The van der Waals surface area contributed by atoms with Gasteiger partial charge in [0.1, 0.15) is 5.75 Å². The number of ether oxygens (including phenoxy) is 1. The Morgan fingerprint density at radius 1 is 1.26 bits per heavy atom. The van der Waals surface area contributed by atoms with Crippen LogP contribution in [0, 0.1) is 0 Å². The van der Waals surface area contributed by atoms with E-state index in [4.69, 9.17) is 10.5 Å². The van der Waals surface area contributed by atoms with Gasteiger partial charge in [-0.05, 0) is 51.2 Å². The van der Waals surface area contributed by atoms with Gasteiger partial charge in [0.2, 0.25) is 0 Å². The first-order chi connectivity index (χ1) is 9.04. The van der Waals surface area contributed by atoms with Crippen LogP contribution < -0.4 is 10.5 Å². The maximum absolute atomic E-state index is 10.2. The second-order valence-electron chi connectivity index (χ2n) is 5.12. The van der Waals surface area contributed by atoms with Gasteiger partial charge in [-0.15, -0.1) is 0 Å². The van der Waals surface area contributed by atoms with Gasteiger partial charge in [0.15, 0.2) is 0 Å². The van der Waals surface area contributed by atoms with E-state index < -0.39 is 6.10 Å². The van der Waals surface area contributed by atoms with E-state index in [1.165, 1.54) is 0 Å². The summed E-state index contributed by atoms with van der Waals surface area (Å²) in [7, 11) is 4.00. The minimum atomic E-state index is -0.625. The van der Waals surface area contributed by atoms with Crippen molar-refractivity contribution in [3.05, 3.63) is 29.8 Å². The minimum Gasteiger partial charge on any atom is -0.494 e. The molecule has 108 valence electrons. The summed E-state index contributed by atoms with van der Waals surface area (Å²) >= 11 is 0. The van der Waals surface area contributed by atoms with Crippen molar-refractivity contribution >= 4 is 0 Å². The van der Waals surface area contributed by atoms with Crippen LogP contribution in [0.15, 0.2) is 24.3 Å². The van der Waals surface area contributed by atoms with Crippen LogP contribution in [0.5, 0.6) is 5.75 Å². The molecule has 3 N–H and O–H groups in total. The molecule has 0 aliphatic rings. The van der Waals surface area contributed by atoms with E-state index in [9.17, 15) is 5.11 Å². The Kier molecular flexibility index (Phi) is 6.84. The maximum Gasteiger partial charge on any atom is 0.119 e. The Labute approximate surface area is 116 Å². The summed E-state index contributed by atoms with van der Waals surface area (Å²) in [5.74, 6) is 0.833. The van der Waals surface area contributed by atoms with E-state index in [2.05, 4.69) is 11.8 Å². The summed E-state index contributed by atoms with van der Waals surface area (Å²) in [6.45, 7) is 3.65. The van der Waals surface area contributed by atoms with Crippen LogP contribution in [-0.2, 0) is 0 Å². The van der Waals surface area contributed by atoms with E-state index in [1.807, 2.05) is 38.4 Å². The molecule has 1 aromatic rings. The molecule has 2 unspecified atom stereocenters. The monoisotopic (exact) mass is 266 g/mol. The molecule has 1 rings (SSSR count). The highest BCUT2D eigenvalue weighted by molar-refractivity contribution is 5.29. The molecule has 0 bridgehead atoms. The zero-order valence-electron chi connectivity index (χ0n) is 12.2. The fourth-order valence-electron chi connectivity index (χ4n) is 1.79. The molecule has 2 atom stereocenters. The Hall–Kier alpha value is -1.10. The van der Waals surface area contributed by atoms with E-state index >= 15 is 0 Å². The maximum atomic E-state index is 10.2. The fraction of sp³-hybridized carbons (Fsp3) is 0.600. The SMILES string of the molecule is CCCOc1ccc(C(O)C(N)CCN(C)C)cc1. The number of nitrogens with zero attached hydrogens (tertiary/aromatic N) is 1. The van der Waals surface area contributed by atoms with Crippen molar-refractivity contribution in [2.75, 3.05) is 27.2 Å². The lowest BCUT2D eigenvalue weighted by Gasteiger charge is -2.21. The molecule has 0 spiro atoms. The van der Waals surface area contributed by atoms with Crippen LogP contribution >= 0.6 is 0 Å².